The average molecular weight is 178 g/mol. The summed E-state index contributed by atoms with van der Waals surface area (Å²) in [6, 6.07) is 0. The number of carboxylic acids is 1. The van der Waals surface area contributed by atoms with Crippen molar-refractivity contribution >= 4 is 18.6 Å². The van der Waals surface area contributed by atoms with Gasteiger partial charge in [-0.05, 0) is 6.42 Å². The van der Waals surface area contributed by atoms with Crippen molar-refractivity contribution in [1.29, 1.82) is 0 Å². The molecule has 2 unspecified atom stereocenters. The summed E-state index contributed by atoms with van der Waals surface area (Å²) >= 11 is 3.91. The van der Waals surface area contributed by atoms with Crippen molar-refractivity contribution in [2.24, 2.45) is 0 Å². The first-order valence-electron chi connectivity index (χ1n) is 3.57. The zero-order valence-corrected chi connectivity index (χ0v) is 7.67. The number of hydrogen-bond donors (Lipinski definition) is 2. The largest absolute Gasteiger partial charge is 0.480 e. The standard InChI is InChI=1S/C7H14O3S/c1-3-4-5(10-2)6(11)7(8)9/h5-6,11H,3-4H2,1-2H3,(H,8,9). The maximum absolute atomic E-state index is 10.4. The third kappa shape index (κ3) is 3.62. The second kappa shape index (κ2) is 5.43. The predicted molar refractivity (Wildman–Crippen MR) is 46.1 cm³/mol. The van der Waals surface area contributed by atoms with E-state index < -0.39 is 11.2 Å². The smallest absolute Gasteiger partial charge is 0.319 e. The molecule has 2 atom stereocenters. The van der Waals surface area contributed by atoms with Gasteiger partial charge in [0.1, 0.15) is 5.25 Å². The second-order valence-corrected chi connectivity index (χ2v) is 2.90. The monoisotopic (exact) mass is 178 g/mol. The van der Waals surface area contributed by atoms with E-state index in [-0.39, 0.29) is 6.10 Å². The number of carboxylic acid groups (broad SMARTS) is 1. The average Bonchev–Trinajstić information content (AvgIpc) is 1.98. The minimum atomic E-state index is -0.923. The van der Waals surface area contributed by atoms with E-state index in [0.717, 1.165) is 12.8 Å². The molecule has 0 aromatic rings. The third-order valence-corrected chi connectivity index (χ3v) is 2.03. The number of methoxy groups -OCH3 is 1. The summed E-state index contributed by atoms with van der Waals surface area (Å²) in [5.41, 5.74) is 0. The maximum atomic E-state index is 10.4. The van der Waals surface area contributed by atoms with Crippen LogP contribution in [0.25, 0.3) is 0 Å². The van der Waals surface area contributed by atoms with Gasteiger partial charge in [-0.15, -0.1) is 0 Å². The first kappa shape index (κ1) is 10.8. The molecule has 11 heavy (non-hydrogen) atoms. The van der Waals surface area contributed by atoms with E-state index in [2.05, 4.69) is 12.6 Å². The Morgan fingerprint density at radius 1 is 1.73 bits per heavy atom. The van der Waals surface area contributed by atoms with E-state index in [1.54, 1.807) is 0 Å². The van der Waals surface area contributed by atoms with Gasteiger partial charge in [-0.2, -0.15) is 12.6 Å². The summed E-state index contributed by atoms with van der Waals surface area (Å²) in [5, 5.41) is 7.85. The van der Waals surface area contributed by atoms with Crippen molar-refractivity contribution < 1.29 is 14.6 Å². The van der Waals surface area contributed by atoms with Crippen LogP contribution in [0.5, 0.6) is 0 Å². The summed E-state index contributed by atoms with van der Waals surface area (Å²) in [4.78, 5) is 10.4. The van der Waals surface area contributed by atoms with Crippen LogP contribution in [-0.2, 0) is 9.53 Å². The summed E-state index contributed by atoms with van der Waals surface area (Å²) < 4.78 is 4.96. The Bertz CT molecular complexity index is 127. The molecule has 0 saturated heterocycles. The molecule has 0 amide bonds. The van der Waals surface area contributed by atoms with Gasteiger partial charge in [0.15, 0.2) is 0 Å². The Kier molecular flexibility index (Phi) is 5.32. The van der Waals surface area contributed by atoms with Crippen LogP contribution < -0.4 is 0 Å². The Labute approximate surface area is 72.2 Å². The Hall–Kier alpha value is -0.220. The molecule has 1 N–H and O–H groups in total. The van der Waals surface area contributed by atoms with Crippen LogP contribution in [0.15, 0.2) is 0 Å². The van der Waals surface area contributed by atoms with E-state index in [9.17, 15) is 4.79 Å². The van der Waals surface area contributed by atoms with Gasteiger partial charge in [-0.3, -0.25) is 4.79 Å². The molecule has 0 rings (SSSR count). The zero-order valence-electron chi connectivity index (χ0n) is 6.78. The van der Waals surface area contributed by atoms with Crippen LogP contribution in [0.1, 0.15) is 19.8 Å². The molecular formula is C7H14O3S. The highest BCUT2D eigenvalue weighted by molar-refractivity contribution is 7.81. The van der Waals surface area contributed by atoms with E-state index in [0.29, 0.717) is 0 Å². The summed E-state index contributed by atoms with van der Waals surface area (Å²) in [7, 11) is 1.51. The Morgan fingerprint density at radius 2 is 2.27 bits per heavy atom. The lowest BCUT2D eigenvalue weighted by Crippen LogP contribution is -2.30. The van der Waals surface area contributed by atoms with Crippen molar-refractivity contribution in [3.8, 4) is 0 Å². The molecule has 0 radical (unpaired) electrons. The molecule has 0 aromatic heterocycles. The fourth-order valence-corrected chi connectivity index (χ4v) is 1.12. The topological polar surface area (TPSA) is 46.5 Å². The number of aliphatic carboxylic acids is 1. The van der Waals surface area contributed by atoms with Crippen molar-refractivity contribution in [2.75, 3.05) is 7.11 Å². The molecule has 0 aromatic carbocycles. The highest BCUT2D eigenvalue weighted by Crippen LogP contribution is 2.11. The number of hydrogen-bond acceptors (Lipinski definition) is 3. The number of carbonyl (C=O) groups is 1. The fraction of sp³-hybridized carbons (Fsp3) is 0.857. The molecule has 3 nitrogen and oxygen atoms in total. The molecule has 0 fully saturated rings. The normalized spacial score (nSPS) is 15.9. The molecule has 0 bridgehead atoms. The van der Waals surface area contributed by atoms with Gasteiger partial charge in [0.05, 0.1) is 6.10 Å². The fourth-order valence-electron chi connectivity index (χ4n) is 0.848. The first-order chi connectivity index (χ1) is 5.13. The van der Waals surface area contributed by atoms with Gasteiger partial charge in [-0.25, -0.2) is 0 Å². The van der Waals surface area contributed by atoms with Gasteiger partial charge in [-0.1, -0.05) is 13.3 Å². The highest BCUT2D eigenvalue weighted by Gasteiger charge is 2.22. The van der Waals surface area contributed by atoms with Crippen molar-refractivity contribution in [1.82, 2.24) is 0 Å². The minimum absolute atomic E-state index is 0.277. The van der Waals surface area contributed by atoms with Crippen LogP contribution in [0, 0.1) is 0 Å². The van der Waals surface area contributed by atoms with Crippen LogP contribution in [0.2, 0.25) is 0 Å². The molecular weight excluding hydrogens is 164 g/mol. The highest BCUT2D eigenvalue weighted by atomic mass is 32.1. The van der Waals surface area contributed by atoms with Gasteiger partial charge in [0.25, 0.3) is 0 Å². The van der Waals surface area contributed by atoms with Crippen LogP contribution >= 0.6 is 12.6 Å². The second-order valence-electron chi connectivity index (χ2n) is 2.35. The van der Waals surface area contributed by atoms with Crippen LogP contribution in [0.3, 0.4) is 0 Å². The van der Waals surface area contributed by atoms with Gasteiger partial charge >= 0.3 is 5.97 Å². The number of ether oxygens (including phenoxy) is 1. The summed E-state index contributed by atoms with van der Waals surface area (Å²) in [6.07, 6.45) is 1.36. The third-order valence-electron chi connectivity index (χ3n) is 1.48. The van der Waals surface area contributed by atoms with Crippen molar-refractivity contribution in [3.63, 3.8) is 0 Å². The van der Waals surface area contributed by atoms with Crippen molar-refractivity contribution in [2.45, 2.75) is 31.1 Å². The van der Waals surface area contributed by atoms with Crippen LogP contribution in [0.4, 0.5) is 0 Å². The number of rotatable bonds is 5. The lowest BCUT2D eigenvalue weighted by molar-refractivity contribution is -0.138. The van der Waals surface area contributed by atoms with Gasteiger partial charge in [0.2, 0.25) is 0 Å². The lowest BCUT2D eigenvalue weighted by atomic mass is 10.1. The van der Waals surface area contributed by atoms with Gasteiger partial charge < -0.3 is 9.84 Å². The van der Waals surface area contributed by atoms with E-state index in [1.165, 1.54) is 7.11 Å². The van der Waals surface area contributed by atoms with E-state index in [1.807, 2.05) is 6.92 Å². The molecule has 0 heterocycles. The Morgan fingerprint density at radius 3 is 2.55 bits per heavy atom. The molecule has 0 saturated carbocycles. The SMILES string of the molecule is CCCC(OC)C(S)C(=O)O. The van der Waals surface area contributed by atoms with Crippen molar-refractivity contribution in [3.05, 3.63) is 0 Å². The van der Waals surface area contributed by atoms with Crippen LogP contribution in [-0.4, -0.2) is 29.5 Å². The van der Waals surface area contributed by atoms with E-state index in [4.69, 9.17) is 9.84 Å². The Balaban J connectivity index is 3.91. The summed E-state index contributed by atoms with van der Waals surface area (Å²) in [6.45, 7) is 1.98. The molecule has 0 aliphatic heterocycles. The predicted octanol–water partition coefficient (Wildman–Crippen LogP) is 1.18. The molecule has 66 valence electrons. The lowest BCUT2D eigenvalue weighted by Gasteiger charge is -2.17. The molecule has 0 aliphatic rings. The zero-order chi connectivity index (χ0) is 8.85. The summed E-state index contributed by atoms with van der Waals surface area (Å²) in [5.74, 6) is -0.923. The molecule has 0 spiro atoms. The minimum Gasteiger partial charge on any atom is -0.480 e. The molecule has 4 heteroatoms. The number of thiol groups is 1. The quantitative estimate of drug-likeness (QED) is 0.621. The first-order valence-corrected chi connectivity index (χ1v) is 4.08. The van der Waals surface area contributed by atoms with Gasteiger partial charge in [0, 0.05) is 7.11 Å². The van der Waals surface area contributed by atoms with E-state index >= 15 is 0 Å². The maximum Gasteiger partial charge on any atom is 0.319 e. The molecule has 0 aliphatic carbocycles.